The zero-order chi connectivity index (χ0) is 9.68. The molecule has 1 aliphatic heterocycles. The lowest BCUT2D eigenvalue weighted by atomic mass is 10.0. The van der Waals surface area contributed by atoms with Crippen LogP contribution in [-0.4, -0.2) is 43.8 Å². The van der Waals surface area contributed by atoms with Crippen molar-refractivity contribution in [3.05, 3.63) is 0 Å². The van der Waals surface area contributed by atoms with Crippen molar-refractivity contribution in [2.45, 2.75) is 26.3 Å². The van der Waals surface area contributed by atoms with Crippen molar-refractivity contribution in [2.24, 2.45) is 11.7 Å². The van der Waals surface area contributed by atoms with Crippen LogP contribution in [0.3, 0.4) is 0 Å². The molecule has 0 radical (unpaired) electrons. The van der Waals surface area contributed by atoms with E-state index >= 15 is 0 Å². The predicted octanol–water partition coefficient (Wildman–Crippen LogP) is 0.692. The molecule has 1 saturated heterocycles. The van der Waals surface area contributed by atoms with Gasteiger partial charge in [0, 0.05) is 25.7 Å². The van der Waals surface area contributed by atoms with Crippen LogP contribution < -0.4 is 5.73 Å². The van der Waals surface area contributed by atoms with Crippen LogP contribution in [0.2, 0.25) is 0 Å². The van der Waals surface area contributed by atoms with Crippen LogP contribution in [0.15, 0.2) is 0 Å². The molecular formula is C10H22N2O. The summed E-state index contributed by atoms with van der Waals surface area (Å²) < 4.78 is 5.32. The molecule has 1 atom stereocenters. The molecule has 0 aromatic heterocycles. The number of rotatable bonds is 4. The van der Waals surface area contributed by atoms with E-state index < -0.39 is 0 Å². The smallest absolute Gasteiger partial charge is 0.0594 e. The summed E-state index contributed by atoms with van der Waals surface area (Å²) in [6, 6.07) is 0.559. The van der Waals surface area contributed by atoms with E-state index in [1.165, 1.54) is 6.42 Å². The molecule has 78 valence electrons. The SMILES string of the molecule is CC(C)CC(CN)N1CCOCC1. The van der Waals surface area contributed by atoms with Gasteiger partial charge in [-0.3, -0.25) is 4.90 Å². The van der Waals surface area contributed by atoms with Crippen LogP contribution in [0.4, 0.5) is 0 Å². The Hall–Kier alpha value is -0.120. The summed E-state index contributed by atoms with van der Waals surface area (Å²) >= 11 is 0. The molecule has 2 N–H and O–H groups in total. The van der Waals surface area contributed by atoms with Gasteiger partial charge in [-0.1, -0.05) is 13.8 Å². The second-order valence-electron chi connectivity index (χ2n) is 4.17. The number of ether oxygens (including phenoxy) is 1. The molecule has 0 bridgehead atoms. The van der Waals surface area contributed by atoms with Crippen LogP contribution in [-0.2, 0) is 4.74 Å². The van der Waals surface area contributed by atoms with Gasteiger partial charge in [0.25, 0.3) is 0 Å². The Bertz CT molecular complexity index is 133. The number of nitrogens with zero attached hydrogens (tertiary/aromatic N) is 1. The zero-order valence-corrected chi connectivity index (χ0v) is 8.83. The van der Waals surface area contributed by atoms with Gasteiger partial charge in [-0.25, -0.2) is 0 Å². The molecule has 0 spiro atoms. The molecule has 0 amide bonds. The van der Waals surface area contributed by atoms with E-state index in [0.29, 0.717) is 6.04 Å². The van der Waals surface area contributed by atoms with Gasteiger partial charge >= 0.3 is 0 Å². The first-order valence-electron chi connectivity index (χ1n) is 5.26. The Kier molecular flexibility index (Phi) is 4.70. The summed E-state index contributed by atoms with van der Waals surface area (Å²) in [7, 11) is 0. The van der Waals surface area contributed by atoms with Crippen molar-refractivity contribution in [3.63, 3.8) is 0 Å². The minimum Gasteiger partial charge on any atom is -0.379 e. The fourth-order valence-corrected chi connectivity index (χ4v) is 1.88. The second-order valence-corrected chi connectivity index (χ2v) is 4.17. The maximum absolute atomic E-state index is 5.77. The van der Waals surface area contributed by atoms with Gasteiger partial charge in [-0.05, 0) is 12.3 Å². The number of nitrogens with two attached hydrogens (primary N) is 1. The number of morpholine rings is 1. The van der Waals surface area contributed by atoms with E-state index in [-0.39, 0.29) is 0 Å². The standard InChI is InChI=1S/C10H22N2O/c1-9(2)7-10(8-11)12-3-5-13-6-4-12/h9-10H,3-8,11H2,1-2H3. The Morgan fingerprint density at radius 1 is 1.31 bits per heavy atom. The van der Waals surface area contributed by atoms with Crippen LogP contribution in [0.25, 0.3) is 0 Å². The van der Waals surface area contributed by atoms with Gasteiger partial charge in [0.1, 0.15) is 0 Å². The quantitative estimate of drug-likeness (QED) is 0.702. The average Bonchev–Trinajstić information content (AvgIpc) is 2.15. The molecular weight excluding hydrogens is 164 g/mol. The molecule has 0 aromatic rings. The molecule has 3 heteroatoms. The minimum absolute atomic E-state index is 0.559. The molecule has 0 aromatic carbocycles. The Balaban J connectivity index is 2.34. The van der Waals surface area contributed by atoms with E-state index in [2.05, 4.69) is 18.7 Å². The predicted molar refractivity (Wildman–Crippen MR) is 54.7 cm³/mol. The number of hydrogen-bond acceptors (Lipinski definition) is 3. The van der Waals surface area contributed by atoms with Gasteiger partial charge < -0.3 is 10.5 Å². The van der Waals surface area contributed by atoms with Gasteiger partial charge in [0.15, 0.2) is 0 Å². The second kappa shape index (κ2) is 5.58. The van der Waals surface area contributed by atoms with Crippen molar-refractivity contribution in [2.75, 3.05) is 32.8 Å². The van der Waals surface area contributed by atoms with Crippen molar-refractivity contribution >= 4 is 0 Å². The maximum atomic E-state index is 5.77. The topological polar surface area (TPSA) is 38.5 Å². The molecule has 0 saturated carbocycles. The Labute approximate surface area is 81.2 Å². The van der Waals surface area contributed by atoms with Gasteiger partial charge in [-0.15, -0.1) is 0 Å². The van der Waals surface area contributed by atoms with Gasteiger partial charge in [-0.2, -0.15) is 0 Å². The highest BCUT2D eigenvalue weighted by Gasteiger charge is 2.20. The summed E-state index contributed by atoms with van der Waals surface area (Å²) in [5.74, 6) is 0.733. The van der Waals surface area contributed by atoms with Crippen molar-refractivity contribution < 1.29 is 4.74 Å². The van der Waals surface area contributed by atoms with E-state index in [1.54, 1.807) is 0 Å². The first-order chi connectivity index (χ1) is 6.24. The monoisotopic (exact) mass is 186 g/mol. The lowest BCUT2D eigenvalue weighted by Gasteiger charge is -2.34. The van der Waals surface area contributed by atoms with E-state index in [1.807, 2.05) is 0 Å². The fraction of sp³-hybridized carbons (Fsp3) is 1.00. The third kappa shape index (κ3) is 3.63. The lowest BCUT2D eigenvalue weighted by Crippen LogP contribution is -2.47. The summed E-state index contributed by atoms with van der Waals surface area (Å²) in [5, 5.41) is 0. The minimum atomic E-state index is 0.559. The van der Waals surface area contributed by atoms with Gasteiger partial charge in [0.2, 0.25) is 0 Å². The van der Waals surface area contributed by atoms with Crippen LogP contribution in [0.1, 0.15) is 20.3 Å². The molecule has 0 aliphatic carbocycles. The van der Waals surface area contributed by atoms with E-state index in [0.717, 1.165) is 38.8 Å². The first-order valence-corrected chi connectivity index (χ1v) is 5.26. The van der Waals surface area contributed by atoms with E-state index in [4.69, 9.17) is 10.5 Å². The normalized spacial score (nSPS) is 22.2. The van der Waals surface area contributed by atoms with Crippen LogP contribution in [0, 0.1) is 5.92 Å². The molecule has 1 fully saturated rings. The zero-order valence-electron chi connectivity index (χ0n) is 8.83. The lowest BCUT2D eigenvalue weighted by molar-refractivity contribution is 0.0142. The molecule has 1 heterocycles. The highest BCUT2D eigenvalue weighted by molar-refractivity contribution is 4.75. The first kappa shape index (κ1) is 11.0. The Morgan fingerprint density at radius 2 is 1.92 bits per heavy atom. The van der Waals surface area contributed by atoms with Crippen LogP contribution in [0.5, 0.6) is 0 Å². The maximum Gasteiger partial charge on any atom is 0.0594 e. The number of hydrogen-bond donors (Lipinski definition) is 1. The van der Waals surface area contributed by atoms with Crippen molar-refractivity contribution in [1.29, 1.82) is 0 Å². The van der Waals surface area contributed by atoms with Crippen LogP contribution >= 0.6 is 0 Å². The molecule has 1 rings (SSSR count). The average molecular weight is 186 g/mol. The third-order valence-corrected chi connectivity index (χ3v) is 2.58. The van der Waals surface area contributed by atoms with Gasteiger partial charge in [0.05, 0.1) is 13.2 Å². The largest absolute Gasteiger partial charge is 0.379 e. The van der Waals surface area contributed by atoms with Crippen molar-refractivity contribution in [3.8, 4) is 0 Å². The molecule has 13 heavy (non-hydrogen) atoms. The highest BCUT2D eigenvalue weighted by atomic mass is 16.5. The molecule has 1 aliphatic rings. The molecule has 3 nitrogen and oxygen atoms in total. The fourth-order valence-electron chi connectivity index (χ4n) is 1.88. The molecule has 1 unspecified atom stereocenters. The summed E-state index contributed by atoms with van der Waals surface area (Å²) in [5.41, 5.74) is 5.77. The highest BCUT2D eigenvalue weighted by Crippen LogP contribution is 2.12. The Morgan fingerprint density at radius 3 is 2.38 bits per heavy atom. The summed E-state index contributed by atoms with van der Waals surface area (Å²) in [4.78, 5) is 2.46. The van der Waals surface area contributed by atoms with Crippen molar-refractivity contribution in [1.82, 2.24) is 4.90 Å². The third-order valence-electron chi connectivity index (χ3n) is 2.58. The summed E-state index contributed by atoms with van der Waals surface area (Å²) in [6.07, 6.45) is 1.20. The summed E-state index contributed by atoms with van der Waals surface area (Å²) in [6.45, 7) is 9.12. The van der Waals surface area contributed by atoms with E-state index in [9.17, 15) is 0 Å².